The summed E-state index contributed by atoms with van der Waals surface area (Å²) in [6.07, 6.45) is 0. The fraction of sp³-hybridized carbons (Fsp3) is 0.333. The zero-order valence-electron chi connectivity index (χ0n) is 7.84. The van der Waals surface area contributed by atoms with Gasteiger partial charge in [-0.25, -0.2) is 0 Å². The Hall–Kier alpha value is -1.04. The highest BCUT2D eigenvalue weighted by Gasteiger charge is 2.27. The molecule has 0 aliphatic rings. The second-order valence-corrected chi connectivity index (χ2v) is 4.00. The minimum absolute atomic E-state index is 0.00607. The number of anilines is 2. The molecule has 84 valence electrons. The average molecular weight is 236 g/mol. The van der Waals surface area contributed by atoms with E-state index in [1.165, 1.54) is 0 Å². The number of nitrogen functional groups attached to an aromatic ring is 1. The number of nitrogens with two attached hydrogens (primary N) is 1. The zero-order chi connectivity index (χ0) is 11.3. The molecule has 1 aromatic rings. The van der Waals surface area contributed by atoms with Crippen LogP contribution >= 0.6 is 11.8 Å². The predicted molar refractivity (Wildman–Crippen MR) is 57.9 cm³/mol. The number of hydrogen-bond donors (Lipinski definition) is 2. The van der Waals surface area contributed by atoms with Gasteiger partial charge in [-0.3, -0.25) is 0 Å². The lowest BCUT2D eigenvalue weighted by atomic mass is 10.3. The second-order valence-electron chi connectivity index (χ2n) is 2.84. The highest BCUT2D eigenvalue weighted by molar-refractivity contribution is 8.00. The molecular formula is C9H11F3N2S. The number of alkyl halides is 3. The largest absolute Gasteiger partial charge is 0.441 e. The molecule has 1 rings (SSSR count). The standard InChI is InChI=1S/C9H11F3N2S/c10-9(11,12)15-6-5-14-8-3-1-7(13)2-4-8/h1-4,14H,5-6,13H2. The quantitative estimate of drug-likeness (QED) is 0.623. The Morgan fingerprint density at radius 2 is 1.80 bits per heavy atom. The van der Waals surface area contributed by atoms with Gasteiger partial charge in [0.15, 0.2) is 0 Å². The van der Waals surface area contributed by atoms with Gasteiger partial charge in [-0.2, -0.15) is 13.2 Å². The van der Waals surface area contributed by atoms with Gasteiger partial charge in [0.25, 0.3) is 0 Å². The third-order valence-corrected chi connectivity index (χ3v) is 2.34. The van der Waals surface area contributed by atoms with Crippen molar-refractivity contribution >= 4 is 23.1 Å². The molecule has 6 heteroatoms. The highest BCUT2D eigenvalue weighted by Crippen LogP contribution is 2.29. The normalized spacial score (nSPS) is 11.4. The van der Waals surface area contributed by atoms with Gasteiger partial charge in [-0.05, 0) is 36.0 Å². The summed E-state index contributed by atoms with van der Waals surface area (Å²) in [4.78, 5) is 0. The van der Waals surface area contributed by atoms with Crippen LogP contribution in [0.15, 0.2) is 24.3 Å². The number of rotatable bonds is 4. The Bertz CT molecular complexity index is 297. The highest BCUT2D eigenvalue weighted by atomic mass is 32.2. The minimum atomic E-state index is -4.15. The maximum atomic E-state index is 11.8. The molecule has 0 saturated heterocycles. The lowest BCUT2D eigenvalue weighted by molar-refractivity contribution is -0.0327. The molecule has 0 aliphatic carbocycles. The third kappa shape index (κ3) is 5.41. The van der Waals surface area contributed by atoms with Crippen LogP contribution in [0.3, 0.4) is 0 Å². The first-order chi connectivity index (χ1) is 6.97. The van der Waals surface area contributed by atoms with Gasteiger partial charge in [-0.15, -0.1) is 0 Å². The van der Waals surface area contributed by atoms with Crippen molar-refractivity contribution in [2.45, 2.75) is 5.51 Å². The van der Waals surface area contributed by atoms with Crippen LogP contribution in [0.4, 0.5) is 24.5 Å². The molecular weight excluding hydrogens is 225 g/mol. The minimum Gasteiger partial charge on any atom is -0.399 e. The number of thioether (sulfide) groups is 1. The van der Waals surface area contributed by atoms with Crippen molar-refractivity contribution in [2.24, 2.45) is 0 Å². The summed E-state index contributed by atoms with van der Waals surface area (Å²) in [5, 5.41) is 2.87. The SMILES string of the molecule is Nc1ccc(NCCSC(F)(F)F)cc1. The summed E-state index contributed by atoms with van der Waals surface area (Å²) in [6.45, 7) is 0.272. The molecule has 2 nitrogen and oxygen atoms in total. The Kier molecular flexibility index (Phi) is 4.14. The second kappa shape index (κ2) is 5.16. The van der Waals surface area contributed by atoms with Crippen molar-refractivity contribution in [3.05, 3.63) is 24.3 Å². The Morgan fingerprint density at radius 1 is 1.20 bits per heavy atom. The average Bonchev–Trinajstić information content (AvgIpc) is 2.14. The molecule has 15 heavy (non-hydrogen) atoms. The lowest BCUT2D eigenvalue weighted by Gasteiger charge is -2.07. The monoisotopic (exact) mass is 236 g/mol. The lowest BCUT2D eigenvalue weighted by Crippen LogP contribution is -2.09. The van der Waals surface area contributed by atoms with E-state index in [0.29, 0.717) is 5.69 Å². The van der Waals surface area contributed by atoms with E-state index in [1.807, 2.05) is 0 Å². The summed E-state index contributed by atoms with van der Waals surface area (Å²) in [5.41, 5.74) is 2.71. The molecule has 0 spiro atoms. The van der Waals surface area contributed by atoms with E-state index in [-0.39, 0.29) is 24.1 Å². The summed E-state index contributed by atoms with van der Waals surface area (Å²) in [5.74, 6) is -0.00607. The van der Waals surface area contributed by atoms with Crippen molar-refractivity contribution < 1.29 is 13.2 Å². The molecule has 0 heterocycles. The van der Waals surface area contributed by atoms with Gasteiger partial charge in [0, 0.05) is 23.7 Å². The fourth-order valence-electron chi connectivity index (χ4n) is 0.963. The number of nitrogens with one attached hydrogen (secondary N) is 1. The first-order valence-corrected chi connectivity index (χ1v) is 5.26. The molecule has 0 bridgehead atoms. The third-order valence-electron chi connectivity index (χ3n) is 1.61. The molecule has 0 fully saturated rings. The molecule has 0 radical (unpaired) electrons. The van der Waals surface area contributed by atoms with Crippen molar-refractivity contribution in [1.82, 2.24) is 0 Å². The van der Waals surface area contributed by atoms with Gasteiger partial charge < -0.3 is 11.1 Å². The predicted octanol–water partition coefficient (Wildman–Crippen LogP) is 2.93. The molecule has 3 N–H and O–H groups in total. The van der Waals surface area contributed by atoms with Gasteiger partial charge in [0.05, 0.1) is 0 Å². The van der Waals surface area contributed by atoms with Gasteiger partial charge >= 0.3 is 5.51 Å². The van der Waals surface area contributed by atoms with E-state index >= 15 is 0 Å². The van der Waals surface area contributed by atoms with Crippen LogP contribution in [0.5, 0.6) is 0 Å². The maximum absolute atomic E-state index is 11.8. The molecule has 0 aromatic heterocycles. The number of hydrogen-bond acceptors (Lipinski definition) is 3. The van der Waals surface area contributed by atoms with Crippen LogP contribution in [0, 0.1) is 0 Å². The molecule has 0 aliphatic heterocycles. The number of halogens is 3. The zero-order valence-corrected chi connectivity index (χ0v) is 8.66. The first-order valence-electron chi connectivity index (χ1n) is 4.27. The molecule has 0 saturated carbocycles. The van der Waals surface area contributed by atoms with E-state index in [1.54, 1.807) is 24.3 Å². The van der Waals surface area contributed by atoms with Crippen LogP contribution in [0.1, 0.15) is 0 Å². The fourth-order valence-corrected chi connectivity index (χ4v) is 1.40. The van der Waals surface area contributed by atoms with E-state index in [9.17, 15) is 13.2 Å². The summed E-state index contributed by atoms with van der Waals surface area (Å²) >= 11 is -0.0312. The van der Waals surface area contributed by atoms with E-state index < -0.39 is 5.51 Å². The summed E-state index contributed by atoms with van der Waals surface area (Å²) in [6, 6.07) is 6.85. The van der Waals surface area contributed by atoms with E-state index in [0.717, 1.165) is 5.69 Å². The van der Waals surface area contributed by atoms with Crippen LogP contribution in [0.25, 0.3) is 0 Å². The van der Waals surface area contributed by atoms with Gasteiger partial charge in [0.2, 0.25) is 0 Å². The Balaban J connectivity index is 2.23. The summed E-state index contributed by atoms with van der Waals surface area (Å²) < 4.78 is 35.3. The maximum Gasteiger partial charge on any atom is 0.441 e. The van der Waals surface area contributed by atoms with E-state index in [4.69, 9.17) is 5.73 Å². The first kappa shape index (κ1) is 12.0. The van der Waals surface area contributed by atoms with Gasteiger partial charge in [-0.1, -0.05) is 0 Å². The van der Waals surface area contributed by atoms with Crippen molar-refractivity contribution in [1.29, 1.82) is 0 Å². The van der Waals surface area contributed by atoms with Crippen molar-refractivity contribution in [3.8, 4) is 0 Å². The molecule has 0 unspecified atom stereocenters. The smallest absolute Gasteiger partial charge is 0.399 e. The van der Waals surface area contributed by atoms with Crippen LogP contribution in [-0.4, -0.2) is 17.8 Å². The van der Waals surface area contributed by atoms with Crippen LogP contribution in [0.2, 0.25) is 0 Å². The topological polar surface area (TPSA) is 38.0 Å². The van der Waals surface area contributed by atoms with Crippen LogP contribution < -0.4 is 11.1 Å². The molecule has 0 amide bonds. The van der Waals surface area contributed by atoms with Crippen molar-refractivity contribution in [3.63, 3.8) is 0 Å². The van der Waals surface area contributed by atoms with Crippen molar-refractivity contribution in [2.75, 3.05) is 23.3 Å². The van der Waals surface area contributed by atoms with Crippen LogP contribution in [-0.2, 0) is 0 Å². The van der Waals surface area contributed by atoms with Gasteiger partial charge in [0.1, 0.15) is 0 Å². The Morgan fingerprint density at radius 3 is 2.33 bits per heavy atom. The van der Waals surface area contributed by atoms with E-state index in [2.05, 4.69) is 5.32 Å². The number of benzene rings is 1. The molecule has 1 aromatic carbocycles. The summed E-state index contributed by atoms with van der Waals surface area (Å²) in [7, 11) is 0. The Labute approximate surface area is 90.0 Å². The molecule has 0 atom stereocenters.